The molecule has 2 rings (SSSR count). The minimum atomic E-state index is -1.32. The highest BCUT2D eigenvalue weighted by Gasteiger charge is 2.24. The van der Waals surface area contributed by atoms with Crippen molar-refractivity contribution in [2.45, 2.75) is 45.3 Å². The molecule has 96 valence electrons. The number of hydrogen-bond acceptors (Lipinski definition) is 1. The Hall–Kier alpha value is -1.20. The van der Waals surface area contributed by atoms with E-state index < -0.39 is 8.07 Å². The topological polar surface area (TPSA) is 9.23 Å². The molecule has 1 aliphatic heterocycles. The lowest BCUT2D eigenvalue weighted by atomic mass is 10.1. The van der Waals surface area contributed by atoms with Crippen LogP contribution in [-0.4, -0.2) is 14.7 Å². The summed E-state index contributed by atoms with van der Waals surface area (Å²) >= 11 is 0. The number of hydrogen-bond donors (Lipinski definition) is 0. The molecule has 1 nitrogen and oxygen atoms in total. The zero-order valence-electron chi connectivity index (χ0n) is 11.7. The molecule has 0 spiro atoms. The van der Waals surface area contributed by atoms with Gasteiger partial charge in [0.1, 0.15) is 13.8 Å². The molecule has 0 aromatic heterocycles. The van der Waals surface area contributed by atoms with Gasteiger partial charge in [-0.15, -0.1) is 5.54 Å². The fourth-order valence-corrected chi connectivity index (χ4v) is 4.92. The second-order valence-corrected chi connectivity index (χ2v) is 9.94. The van der Waals surface area contributed by atoms with Gasteiger partial charge < -0.3 is 4.74 Å². The molecule has 2 heteroatoms. The Bertz CT molecular complexity index is 469. The maximum absolute atomic E-state index is 5.52. The van der Waals surface area contributed by atoms with E-state index in [4.69, 9.17) is 4.74 Å². The van der Waals surface area contributed by atoms with Crippen LogP contribution in [-0.2, 0) is 6.42 Å². The van der Waals surface area contributed by atoms with E-state index in [-0.39, 0.29) is 0 Å². The lowest BCUT2D eigenvalue weighted by Crippen LogP contribution is -2.29. The minimum absolute atomic E-state index is 0.823. The van der Waals surface area contributed by atoms with Crippen LogP contribution in [0.3, 0.4) is 0 Å². The van der Waals surface area contributed by atoms with Crippen LogP contribution < -0.4 is 4.74 Å². The van der Waals surface area contributed by atoms with Crippen LogP contribution in [0, 0.1) is 11.5 Å². The van der Waals surface area contributed by atoms with Gasteiger partial charge in [0.2, 0.25) is 0 Å². The van der Waals surface area contributed by atoms with Crippen LogP contribution in [0.2, 0.25) is 18.1 Å². The van der Waals surface area contributed by atoms with E-state index in [9.17, 15) is 0 Å². The van der Waals surface area contributed by atoms with Gasteiger partial charge in [-0.1, -0.05) is 26.7 Å². The molecular weight excluding hydrogens is 236 g/mol. The van der Waals surface area contributed by atoms with E-state index in [2.05, 4.69) is 50.4 Å². The Morgan fingerprint density at radius 2 is 1.89 bits per heavy atom. The Kier molecular flexibility index (Phi) is 4.14. The first-order valence-corrected chi connectivity index (χ1v) is 9.64. The van der Waals surface area contributed by atoms with Crippen molar-refractivity contribution in [3.05, 3.63) is 29.3 Å². The third-order valence-corrected chi connectivity index (χ3v) is 8.91. The maximum Gasteiger partial charge on any atom is 0.138 e. The second-order valence-electron chi connectivity index (χ2n) is 5.01. The maximum atomic E-state index is 5.52. The molecule has 1 aromatic rings. The van der Waals surface area contributed by atoms with Gasteiger partial charge in [-0.25, -0.2) is 0 Å². The van der Waals surface area contributed by atoms with Crippen molar-refractivity contribution < 1.29 is 4.74 Å². The smallest absolute Gasteiger partial charge is 0.138 e. The van der Waals surface area contributed by atoms with E-state index >= 15 is 0 Å². The first-order chi connectivity index (χ1) is 8.73. The first kappa shape index (κ1) is 13.2. The van der Waals surface area contributed by atoms with Gasteiger partial charge in [0, 0.05) is 12.0 Å². The van der Waals surface area contributed by atoms with Crippen LogP contribution >= 0.6 is 0 Å². The van der Waals surface area contributed by atoms with Gasteiger partial charge in [0.05, 0.1) is 6.61 Å². The standard InChI is InChI=1S/C16H22OSi/c1-4-18(5-2,6-3)12-10-14-7-8-16-15(13-14)9-11-17-16/h7-8,13H,4-6,9,11H2,1-3H3. The molecule has 1 aromatic carbocycles. The number of benzene rings is 1. The Balaban J connectivity index is 2.24. The summed E-state index contributed by atoms with van der Waals surface area (Å²) in [6, 6.07) is 10.2. The van der Waals surface area contributed by atoms with Crippen molar-refractivity contribution in [1.29, 1.82) is 0 Å². The SMILES string of the molecule is CC[Si](C#Cc1ccc2c(c1)CCO2)(CC)CC. The van der Waals surface area contributed by atoms with Crippen molar-refractivity contribution in [2.75, 3.05) is 6.61 Å². The summed E-state index contributed by atoms with van der Waals surface area (Å²) < 4.78 is 5.52. The number of fused-ring (bicyclic) bond motifs is 1. The molecule has 1 aliphatic rings. The summed E-state index contributed by atoms with van der Waals surface area (Å²) in [4.78, 5) is 0. The largest absolute Gasteiger partial charge is 0.493 e. The fraction of sp³-hybridized carbons (Fsp3) is 0.500. The lowest BCUT2D eigenvalue weighted by Gasteiger charge is -2.20. The molecule has 0 aliphatic carbocycles. The molecule has 0 unspecified atom stereocenters. The highest BCUT2D eigenvalue weighted by molar-refractivity contribution is 6.87. The van der Waals surface area contributed by atoms with E-state index in [1.165, 1.54) is 23.7 Å². The Morgan fingerprint density at radius 3 is 2.56 bits per heavy atom. The highest BCUT2D eigenvalue weighted by Crippen LogP contribution is 2.26. The van der Waals surface area contributed by atoms with Crippen molar-refractivity contribution in [3.63, 3.8) is 0 Å². The molecule has 18 heavy (non-hydrogen) atoms. The second kappa shape index (κ2) is 5.62. The van der Waals surface area contributed by atoms with Crippen molar-refractivity contribution in [1.82, 2.24) is 0 Å². The van der Waals surface area contributed by atoms with E-state index in [1.54, 1.807) is 0 Å². The molecule has 0 saturated heterocycles. The quantitative estimate of drug-likeness (QED) is 0.588. The minimum Gasteiger partial charge on any atom is -0.493 e. The zero-order chi connectivity index (χ0) is 13.0. The molecule has 0 fully saturated rings. The van der Waals surface area contributed by atoms with Crippen LogP contribution in [0.4, 0.5) is 0 Å². The Labute approximate surface area is 112 Å². The van der Waals surface area contributed by atoms with Gasteiger partial charge in [-0.05, 0) is 41.9 Å². The van der Waals surface area contributed by atoms with Crippen LogP contribution in [0.25, 0.3) is 0 Å². The molecule has 0 radical (unpaired) electrons. The molecule has 0 amide bonds. The third-order valence-electron chi connectivity index (χ3n) is 4.19. The first-order valence-electron chi connectivity index (χ1n) is 7.02. The number of ether oxygens (including phenoxy) is 1. The molecule has 0 atom stereocenters. The van der Waals surface area contributed by atoms with Crippen LogP contribution in [0.1, 0.15) is 31.9 Å². The normalized spacial score (nSPS) is 13.5. The van der Waals surface area contributed by atoms with Gasteiger partial charge in [0.25, 0.3) is 0 Å². The summed E-state index contributed by atoms with van der Waals surface area (Å²) in [5.74, 6) is 4.47. The van der Waals surface area contributed by atoms with Gasteiger partial charge >= 0.3 is 0 Å². The monoisotopic (exact) mass is 258 g/mol. The van der Waals surface area contributed by atoms with E-state index in [0.29, 0.717) is 0 Å². The molecule has 1 heterocycles. The molecule has 0 bridgehead atoms. The van der Waals surface area contributed by atoms with Crippen molar-refractivity contribution in [2.24, 2.45) is 0 Å². The molecular formula is C16H22OSi. The summed E-state index contributed by atoms with van der Waals surface area (Å²) in [6.07, 6.45) is 1.03. The molecule has 0 saturated carbocycles. The number of rotatable bonds is 3. The fourth-order valence-electron chi connectivity index (χ4n) is 2.48. The van der Waals surface area contributed by atoms with Crippen LogP contribution in [0.15, 0.2) is 18.2 Å². The van der Waals surface area contributed by atoms with E-state index in [1.807, 2.05) is 0 Å². The average Bonchev–Trinajstić information content (AvgIpc) is 2.88. The van der Waals surface area contributed by atoms with Gasteiger partial charge in [0.15, 0.2) is 0 Å². The van der Waals surface area contributed by atoms with Gasteiger partial charge in [-0.2, -0.15) is 0 Å². The summed E-state index contributed by atoms with van der Waals surface area (Å²) in [5, 5.41) is 0. The van der Waals surface area contributed by atoms with Crippen molar-refractivity contribution in [3.8, 4) is 17.2 Å². The van der Waals surface area contributed by atoms with Crippen molar-refractivity contribution >= 4 is 8.07 Å². The third kappa shape index (κ3) is 2.62. The average molecular weight is 258 g/mol. The predicted octanol–water partition coefficient (Wildman–Crippen LogP) is 4.02. The molecule has 0 N–H and O–H groups in total. The van der Waals surface area contributed by atoms with Crippen LogP contribution in [0.5, 0.6) is 5.75 Å². The Morgan fingerprint density at radius 1 is 1.17 bits per heavy atom. The zero-order valence-corrected chi connectivity index (χ0v) is 12.7. The lowest BCUT2D eigenvalue weighted by molar-refractivity contribution is 0.357. The highest BCUT2D eigenvalue weighted by atomic mass is 28.3. The summed E-state index contributed by atoms with van der Waals surface area (Å²) in [7, 11) is -1.32. The summed E-state index contributed by atoms with van der Waals surface area (Å²) in [5.41, 5.74) is 6.11. The predicted molar refractivity (Wildman–Crippen MR) is 79.7 cm³/mol. The van der Waals surface area contributed by atoms with Gasteiger partial charge in [-0.3, -0.25) is 0 Å². The van der Waals surface area contributed by atoms with E-state index in [0.717, 1.165) is 24.3 Å². The summed E-state index contributed by atoms with van der Waals surface area (Å²) in [6.45, 7) is 7.71.